The number of benzene rings is 2. The number of hydrogen-bond acceptors (Lipinski definition) is 5. The van der Waals surface area contributed by atoms with Crippen LogP contribution in [0.5, 0.6) is 5.75 Å². The van der Waals surface area contributed by atoms with Crippen molar-refractivity contribution in [3.05, 3.63) is 64.4 Å². The molecule has 6 nitrogen and oxygen atoms in total. The van der Waals surface area contributed by atoms with Gasteiger partial charge in [0.1, 0.15) is 11.8 Å². The van der Waals surface area contributed by atoms with Crippen molar-refractivity contribution in [1.82, 2.24) is 4.57 Å². The number of nitrogens with zero attached hydrogens (tertiary/aromatic N) is 2. The van der Waals surface area contributed by atoms with Gasteiger partial charge in [0, 0.05) is 21.8 Å². The van der Waals surface area contributed by atoms with E-state index in [2.05, 4.69) is 15.9 Å². The van der Waals surface area contributed by atoms with Crippen molar-refractivity contribution in [2.75, 3.05) is 12.8 Å². The lowest BCUT2D eigenvalue weighted by Crippen LogP contribution is -2.12. The van der Waals surface area contributed by atoms with Crippen molar-refractivity contribution in [2.45, 2.75) is 0 Å². The second kappa shape index (κ2) is 6.94. The molecule has 0 saturated heterocycles. The maximum atomic E-state index is 12.3. The minimum atomic E-state index is -0.664. The SMILES string of the molecule is COC(=O)c1c(N)c(C#N)cn1-c1c(Br)cccc1-c1ccccc1O. The van der Waals surface area contributed by atoms with Gasteiger partial charge in [0.05, 0.1) is 24.0 Å². The predicted octanol–water partition coefficient (Wildman–Crippen LogP) is 3.85. The van der Waals surface area contributed by atoms with Crippen molar-refractivity contribution < 1.29 is 14.6 Å². The molecule has 0 aliphatic heterocycles. The van der Waals surface area contributed by atoms with Crippen LogP contribution in [0.3, 0.4) is 0 Å². The minimum absolute atomic E-state index is 0.0401. The highest BCUT2D eigenvalue weighted by molar-refractivity contribution is 9.10. The number of nitrogens with two attached hydrogens (primary N) is 1. The smallest absolute Gasteiger partial charge is 0.357 e. The maximum absolute atomic E-state index is 12.3. The Hall–Kier alpha value is -3.24. The Labute approximate surface area is 158 Å². The quantitative estimate of drug-likeness (QED) is 0.637. The number of methoxy groups -OCH3 is 1. The van der Waals surface area contributed by atoms with Gasteiger partial charge in [-0.1, -0.05) is 30.3 Å². The number of halogens is 1. The highest BCUT2D eigenvalue weighted by Gasteiger charge is 2.25. The molecular formula is C19H14BrN3O3. The van der Waals surface area contributed by atoms with Gasteiger partial charge in [-0.05, 0) is 28.1 Å². The summed E-state index contributed by atoms with van der Waals surface area (Å²) in [5.41, 5.74) is 8.02. The number of carbonyl (C=O) groups excluding carboxylic acids is 1. The summed E-state index contributed by atoms with van der Waals surface area (Å²) in [6.07, 6.45) is 1.48. The highest BCUT2D eigenvalue weighted by Crippen LogP contribution is 2.39. The summed E-state index contributed by atoms with van der Waals surface area (Å²) >= 11 is 3.49. The van der Waals surface area contributed by atoms with Gasteiger partial charge < -0.3 is 20.1 Å². The monoisotopic (exact) mass is 411 g/mol. The lowest BCUT2D eigenvalue weighted by Gasteiger charge is -2.16. The average Bonchev–Trinajstić information content (AvgIpc) is 2.97. The molecule has 0 unspecified atom stereocenters. The molecule has 0 saturated carbocycles. The summed E-state index contributed by atoms with van der Waals surface area (Å²) < 4.78 is 6.99. The van der Waals surface area contributed by atoms with E-state index in [1.165, 1.54) is 17.9 Å². The molecule has 0 fully saturated rings. The summed E-state index contributed by atoms with van der Waals surface area (Å²) in [4.78, 5) is 12.3. The van der Waals surface area contributed by atoms with Gasteiger partial charge >= 0.3 is 5.97 Å². The Bertz CT molecular complexity index is 1050. The van der Waals surface area contributed by atoms with Crippen molar-refractivity contribution in [3.8, 4) is 28.6 Å². The van der Waals surface area contributed by atoms with Crippen molar-refractivity contribution in [1.29, 1.82) is 5.26 Å². The predicted molar refractivity (Wildman–Crippen MR) is 101 cm³/mol. The minimum Gasteiger partial charge on any atom is -0.507 e. The Kier molecular flexibility index (Phi) is 4.69. The van der Waals surface area contributed by atoms with Gasteiger partial charge in [-0.15, -0.1) is 0 Å². The Balaban J connectivity index is 2.38. The number of carbonyl (C=O) groups is 1. The molecule has 0 aliphatic carbocycles. The van der Waals surface area contributed by atoms with E-state index >= 15 is 0 Å². The lowest BCUT2D eigenvalue weighted by atomic mass is 10.0. The largest absolute Gasteiger partial charge is 0.507 e. The molecule has 0 bridgehead atoms. The molecule has 0 atom stereocenters. The lowest BCUT2D eigenvalue weighted by molar-refractivity contribution is 0.0593. The number of phenolic OH excluding ortho intramolecular Hbond substituents is 1. The van der Waals surface area contributed by atoms with Gasteiger partial charge in [0.15, 0.2) is 5.69 Å². The molecule has 0 spiro atoms. The van der Waals surface area contributed by atoms with Crippen molar-refractivity contribution in [2.24, 2.45) is 0 Å². The van der Waals surface area contributed by atoms with Crippen molar-refractivity contribution in [3.63, 3.8) is 0 Å². The summed E-state index contributed by atoms with van der Waals surface area (Å²) in [5.74, 6) is -0.574. The first-order chi connectivity index (χ1) is 12.5. The number of phenols is 1. The third kappa shape index (κ3) is 2.80. The van der Waals surface area contributed by atoms with Crippen molar-refractivity contribution >= 4 is 27.6 Å². The number of rotatable bonds is 3. The van der Waals surface area contributed by atoms with E-state index in [1.807, 2.05) is 12.1 Å². The van der Waals surface area contributed by atoms with Crippen LogP contribution in [0.1, 0.15) is 16.1 Å². The zero-order valence-electron chi connectivity index (χ0n) is 13.7. The summed E-state index contributed by atoms with van der Waals surface area (Å²) in [5, 5.41) is 19.6. The number of hydrogen-bond donors (Lipinski definition) is 2. The third-order valence-electron chi connectivity index (χ3n) is 3.97. The van der Waals surface area contributed by atoms with E-state index in [4.69, 9.17) is 10.5 Å². The van der Waals surface area contributed by atoms with Gasteiger partial charge in [0.25, 0.3) is 0 Å². The van der Waals surface area contributed by atoms with Crippen LogP contribution in [0.4, 0.5) is 5.69 Å². The fourth-order valence-electron chi connectivity index (χ4n) is 2.77. The summed E-state index contributed by atoms with van der Waals surface area (Å²) in [7, 11) is 1.25. The second-order valence-corrected chi connectivity index (χ2v) is 6.29. The molecule has 7 heteroatoms. The zero-order chi connectivity index (χ0) is 18.8. The van der Waals surface area contributed by atoms with Gasteiger partial charge in [-0.25, -0.2) is 4.79 Å². The molecule has 0 amide bonds. The molecule has 2 aromatic carbocycles. The second-order valence-electron chi connectivity index (χ2n) is 5.43. The van der Waals surface area contributed by atoms with Crippen LogP contribution in [0.15, 0.2) is 53.1 Å². The van der Waals surface area contributed by atoms with E-state index in [0.717, 1.165) is 0 Å². The van der Waals surface area contributed by atoms with E-state index in [9.17, 15) is 15.2 Å². The fraction of sp³-hybridized carbons (Fsp3) is 0.0526. The third-order valence-corrected chi connectivity index (χ3v) is 4.61. The number of ether oxygens (including phenoxy) is 1. The number of para-hydroxylation sites is 2. The summed E-state index contributed by atoms with van der Waals surface area (Å²) in [6, 6.07) is 14.2. The molecule has 1 aromatic heterocycles. The van der Waals surface area contributed by atoms with Gasteiger partial charge in [-0.2, -0.15) is 5.26 Å². The number of aromatic nitrogens is 1. The first kappa shape index (κ1) is 17.6. The van der Waals surface area contributed by atoms with E-state index < -0.39 is 5.97 Å². The number of nitriles is 1. The molecule has 1 heterocycles. The Morgan fingerprint density at radius 2 is 1.92 bits per heavy atom. The standard InChI is InChI=1S/C19H14BrN3O3/c1-26-19(25)18-16(22)11(9-21)10-23(18)17-13(6-4-7-14(17)20)12-5-2-3-8-15(12)24/h2-8,10,24H,22H2,1H3. The Morgan fingerprint density at radius 1 is 1.23 bits per heavy atom. The maximum Gasteiger partial charge on any atom is 0.357 e. The van der Waals surface area contributed by atoms with Crippen LogP contribution in [0.25, 0.3) is 16.8 Å². The van der Waals surface area contributed by atoms with Crippen LogP contribution in [-0.4, -0.2) is 22.8 Å². The van der Waals surface area contributed by atoms with Crippen LogP contribution < -0.4 is 5.73 Å². The molecule has 0 aliphatic rings. The number of aromatic hydroxyl groups is 1. The van der Waals surface area contributed by atoms with Crippen LogP contribution >= 0.6 is 15.9 Å². The highest BCUT2D eigenvalue weighted by atomic mass is 79.9. The first-order valence-corrected chi connectivity index (χ1v) is 8.35. The normalized spacial score (nSPS) is 10.3. The topological polar surface area (TPSA) is 101 Å². The molecule has 3 aromatic rings. The molecule has 3 N–H and O–H groups in total. The molecule has 130 valence electrons. The number of anilines is 1. The molecule has 3 rings (SSSR count). The average molecular weight is 412 g/mol. The number of nitrogen functional groups attached to an aromatic ring is 1. The van der Waals surface area contributed by atoms with E-state index in [0.29, 0.717) is 21.3 Å². The zero-order valence-corrected chi connectivity index (χ0v) is 15.3. The van der Waals surface area contributed by atoms with Gasteiger partial charge in [0.2, 0.25) is 0 Å². The molecular weight excluding hydrogens is 398 g/mol. The Morgan fingerprint density at radius 3 is 2.58 bits per heavy atom. The van der Waals surface area contributed by atoms with E-state index in [-0.39, 0.29) is 22.7 Å². The molecule has 0 radical (unpaired) electrons. The first-order valence-electron chi connectivity index (χ1n) is 7.56. The fourth-order valence-corrected chi connectivity index (χ4v) is 3.33. The van der Waals surface area contributed by atoms with Gasteiger partial charge in [-0.3, -0.25) is 0 Å². The van der Waals surface area contributed by atoms with Crippen LogP contribution in [0, 0.1) is 11.3 Å². The van der Waals surface area contributed by atoms with Crippen LogP contribution in [0.2, 0.25) is 0 Å². The van der Waals surface area contributed by atoms with Crippen LogP contribution in [-0.2, 0) is 4.74 Å². The van der Waals surface area contributed by atoms with E-state index in [1.54, 1.807) is 36.4 Å². The number of esters is 1. The summed E-state index contributed by atoms with van der Waals surface area (Å²) in [6.45, 7) is 0. The molecule has 26 heavy (non-hydrogen) atoms.